The van der Waals surface area contributed by atoms with Crippen molar-refractivity contribution in [2.75, 3.05) is 19.8 Å². The molecule has 0 aliphatic heterocycles. The van der Waals surface area contributed by atoms with Crippen molar-refractivity contribution in [1.29, 1.82) is 0 Å². The largest absolute Gasteiger partial charge is 0.380 e. The molecular weight excluding hydrogens is 114 g/mol. The Bertz CT molecular complexity index is 54.9. The zero-order valence-electron chi connectivity index (χ0n) is 6.39. The van der Waals surface area contributed by atoms with Gasteiger partial charge in [-0.05, 0) is 12.3 Å². The molecule has 0 aliphatic rings. The van der Waals surface area contributed by atoms with E-state index in [-0.39, 0.29) is 0 Å². The fourth-order valence-electron chi connectivity index (χ4n) is 0.504. The predicted octanol–water partition coefficient (Wildman–Crippen LogP) is 1.01. The molecule has 56 valence electrons. The van der Waals surface area contributed by atoms with Crippen LogP contribution in [0.1, 0.15) is 20.3 Å². The van der Waals surface area contributed by atoms with Crippen molar-refractivity contribution >= 4 is 0 Å². The highest BCUT2D eigenvalue weighted by Crippen LogP contribution is 1.97. The van der Waals surface area contributed by atoms with Crippen LogP contribution in [0.15, 0.2) is 0 Å². The van der Waals surface area contributed by atoms with E-state index in [0.717, 1.165) is 18.9 Å². The Hall–Kier alpha value is -0.0800. The van der Waals surface area contributed by atoms with Gasteiger partial charge in [0.2, 0.25) is 0 Å². The smallest absolute Gasteiger partial charge is 0.0588 e. The van der Waals surface area contributed by atoms with Gasteiger partial charge >= 0.3 is 0 Å². The Labute approximate surface area is 57.4 Å². The molecular formula is C7H17NO. The van der Waals surface area contributed by atoms with Gasteiger partial charge < -0.3 is 10.5 Å². The van der Waals surface area contributed by atoms with Crippen LogP contribution < -0.4 is 5.73 Å². The number of hydrogen-bond donors (Lipinski definition) is 1. The molecule has 0 atom stereocenters. The van der Waals surface area contributed by atoms with Gasteiger partial charge in [-0.2, -0.15) is 0 Å². The van der Waals surface area contributed by atoms with Crippen LogP contribution in [0.25, 0.3) is 0 Å². The molecule has 0 saturated carbocycles. The van der Waals surface area contributed by atoms with Crippen molar-refractivity contribution < 1.29 is 4.74 Å². The van der Waals surface area contributed by atoms with Crippen LogP contribution in [0, 0.1) is 5.92 Å². The zero-order valence-corrected chi connectivity index (χ0v) is 6.39. The third kappa shape index (κ3) is 7.92. The summed E-state index contributed by atoms with van der Waals surface area (Å²) in [5.41, 5.74) is 5.22. The normalized spacial score (nSPS) is 10.7. The van der Waals surface area contributed by atoms with Gasteiger partial charge in [0.15, 0.2) is 0 Å². The van der Waals surface area contributed by atoms with E-state index in [9.17, 15) is 0 Å². The van der Waals surface area contributed by atoms with E-state index < -0.39 is 0 Å². The van der Waals surface area contributed by atoms with Crippen molar-refractivity contribution in [3.63, 3.8) is 0 Å². The molecule has 0 rings (SSSR count). The molecule has 2 heteroatoms. The second-order valence-electron chi connectivity index (χ2n) is 2.58. The van der Waals surface area contributed by atoms with Crippen LogP contribution in [0.3, 0.4) is 0 Å². The molecule has 0 aromatic rings. The molecule has 9 heavy (non-hydrogen) atoms. The molecule has 0 unspecified atom stereocenters. The van der Waals surface area contributed by atoms with Crippen LogP contribution in [0.4, 0.5) is 0 Å². The number of nitrogens with two attached hydrogens (primary N) is 1. The first-order valence-corrected chi connectivity index (χ1v) is 3.55. The summed E-state index contributed by atoms with van der Waals surface area (Å²) in [5, 5.41) is 0. The maximum absolute atomic E-state index is 5.22. The minimum Gasteiger partial charge on any atom is -0.380 e. The summed E-state index contributed by atoms with van der Waals surface area (Å²) in [7, 11) is 0. The van der Waals surface area contributed by atoms with Crippen molar-refractivity contribution in [2.24, 2.45) is 11.7 Å². The molecule has 0 fully saturated rings. The average molecular weight is 131 g/mol. The lowest BCUT2D eigenvalue weighted by atomic mass is 10.1. The summed E-state index contributed by atoms with van der Waals surface area (Å²) in [6, 6.07) is 0. The minimum absolute atomic E-state index is 0.637. The second-order valence-corrected chi connectivity index (χ2v) is 2.58. The lowest BCUT2D eigenvalue weighted by Crippen LogP contribution is -2.09. The molecule has 2 N–H and O–H groups in total. The fourth-order valence-corrected chi connectivity index (χ4v) is 0.504. The van der Waals surface area contributed by atoms with E-state index in [1.54, 1.807) is 0 Å². The van der Waals surface area contributed by atoms with Gasteiger partial charge in [0.1, 0.15) is 0 Å². The summed E-state index contributed by atoms with van der Waals surface area (Å²) >= 11 is 0. The van der Waals surface area contributed by atoms with Gasteiger partial charge in [0.25, 0.3) is 0 Å². The van der Waals surface area contributed by atoms with Gasteiger partial charge in [-0.15, -0.1) is 0 Å². The van der Waals surface area contributed by atoms with Gasteiger partial charge in [-0.1, -0.05) is 13.8 Å². The van der Waals surface area contributed by atoms with Crippen LogP contribution in [-0.2, 0) is 4.74 Å². The van der Waals surface area contributed by atoms with E-state index in [1.165, 1.54) is 0 Å². The van der Waals surface area contributed by atoms with E-state index in [4.69, 9.17) is 10.5 Å². The summed E-state index contributed by atoms with van der Waals surface area (Å²) in [6.07, 6.45) is 1.14. The van der Waals surface area contributed by atoms with Gasteiger partial charge in [0, 0.05) is 13.2 Å². The van der Waals surface area contributed by atoms with Crippen LogP contribution in [0.5, 0.6) is 0 Å². The first-order valence-electron chi connectivity index (χ1n) is 3.55. The maximum Gasteiger partial charge on any atom is 0.0588 e. The molecule has 0 aromatic carbocycles. The van der Waals surface area contributed by atoms with Crippen LogP contribution in [-0.4, -0.2) is 19.8 Å². The van der Waals surface area contributed by atoms with E-state index in [0.29, 0.717) is 13.2 Å². The highest BCUT2D eigenvalue weighted by molar-refractivity contribution is 4.42. The molecule has 0 aliphatic carbocycles. The van der Waals surface area contributed by atoms with Crippen molar-refractivity contribution in [3.8, 4) is 0 Å². The minimum atomic E-state index is 0.637. The third-order valence-corrected chi connectivity index (χ3v) is 1.10. The molecule has 0 heterocycles. The first-order chi connectivity index (χ1) is 4.27. The highest BCUT2D eigenvalue weighted by atomic mass is 16.5. The van der Waals surface area contributed by atoms with Crippen molar-refractivity contribution in [3.05, 3.63) is 0 Å². The summed E-state index contributed by atoms with van der Waals surface area (Å²) in [6.45, 7) is 6.57. The van der Waals surface area contributed by atoms with Crippen molar-refractivity contribution in [1.82, 2.24) is 0 Å². The van der Waals surface area contributed by atoms with Gasteiger partial charge in [-0.25, -0.2) is 0 Å². The first kappa shape index (κ1) is 8.92. The molecule has 0 saturated heterocycles. The van der Waals surface area contributed by atoms with Gasteiger partial charge in [-0.3, -0.25) is 0 Å². The van der Waals surface area contributed by atoms with E-state index in [1.807, 2.05) is 0 Å². The molecule has 2 nitrogen and oxygen atoms in total. The fraction of sp³-hybridized carbons (Fsp3) is 1.00. The van der Waals surface area contributed by atoms with Crippen molar-refractivity contribution in [2.45, 2.75) is 20.3 Å². The average Bonchev–Trinajstić information content (AvgIpc) is 1.80. The highest BCUT2D eigenvalue weighted by Gasteiger charge is 1.91. The monoisotopic (exact) mass is 131 g/mol. The Balaban J connectivity index is 2.75. The standard InChI is InChI=1S/C7H17NO/c1-7(2)3-5-9-6-4-8/h7H,3-6,8H2,1-2H3. The van der Waals surface area contributed by atoms with E-state index >= 15 is 0 Å². The lowest BCUT2D eigenvalue weighted by molar-refractivity contribution is 0.130. The number of rotatable bonds is 5. The summed E-state index contributed by atoms with van der Waals surface area (Å²) < 4.78 is 5.17. The molecule has 0 spiro atoms. The lowest BCUT2D eigenvalue weighted by Gasteiger charge is -2.03. The molecule has 0 amide bonds. The topological polar surface area (TPSA) is 35.2 Å². The summed E-state index contributed by atoms with van der Waals surface area (Å²) in [4.78, 5) is 0. The Morgan fingerprint density at radius 3 is 2.44 bits per heavy atom. The number of ether oxygens (including phenoxy) is 1. The molecule has 0 bridgehead atoms. The SMILES string of the molecule is CC(C)CCOCCN. The second kappa shape index (κ2) is 6.05. The third-order valence-electron chi connectivity index (χ3n) is 1.10. The summed E-state index contributed by atoms with van der Waals surface area (Å²) in [5.74, 6) is 0.739. The quantitative estimate of drug-likeness (QED) is 0.565. The van der Waals surface area contributed by atoms with Crippen LogP contribution in [0.2, 0.25) is 0 Å². The number of hydrogen-bond acceptors (Lipinski definition) is 2. The Morgan fingerprint density at radius 2 is 2.00 bits per heavy atom. The Kier molecular flexibility index (Phi) is 5.99. The molecule has 0 radical (unpaired) electrons. The predicted molar refractivity (Wildman–Crippen MR) is 39.3 cm³/mol. The maximum atomic E-state index is 5.22. The Morgan fingerprint density at radius 1 is 1.33 bits per heavy atom. The zero-order chi connectivity index (χ0) is 7.11. The van der Waals surface area contributed by atoms with Crippen LogP contribution >= 0.6 is 0 Å². The molecule has 0 aromatic heterocycles. The van der Waals surface area contributed by atoms with E-state index in [2.05, 4.69) is 13.8 Å². The van der Waals surface area contributed by atoms with Gasteiger partial charge in [0.05, 0.1) is 6.61 Å².